The Kier molecular flexibility index (Phi) is 3.97. The van der Waals surface area contributed by atoms with Crippen LogP contribution in [0.1, 0.15) is 23.6 Å². The lowest BCUT2D eigenvalue weighted by atomic mass is 9.99. The maximum atomic E-state index is 5.14. The van der Waals surface area contributed by atoms with E-state index < -0.39 is 0 Å². The van der Waals surface area contributed by atoms with Gasteiger partial charge < -0.3 is 4.74 Å². The minimum Gasteiger partial charge on any atom is -0.495 e. The Hall–Kier alpha value is -1.87. The van der Waals surface area contributed by atoms with Crippen LogP contribution < -0.4 is 4.74 Å². The predicted molar refractivity (Wildman–Crippen MR) is 79.9 cm³/mol. The first-order valence-electron chi connectivity index (χ1n) is 7.11. The van der Waals surface area contributed by atoms with Gasteiger partial charge in [0.05, 0.1) is 19.0 Å². The van der Waals surface area contributed by atoms with Gasteiger partial charge in [0.1, 0.15) is 5.75 Å². The third-order valence-corrected chi connectivity index (χ3v) is 3.96. The summed E-state index contributed by atoms with van der Waals surface area (Å²) in [4.78, 5) is 6.92. The van der Waals surface area contributed by atoms with Gasteiger partial charge in [0.2, 0.25) is 0 Å². The summed E-state index contributed by atoms with van der Waals surface area (Å²) in [5.41, 5.74) is 2.57. The fourth-order valence-corrected chi connectivity index (χ4v) is 2.83. The highest BCUT2D eigenvalue weighted by molar-refractivity contribution is 5.22. The molecule has 104 valence electrons. The Morgan fingerprint density at radius 1 is 1.20 bits per heavy atom. The fourth-order valence-electron chi connectivity index (χ4n) is 2.83. The van der Waals surface area contributed by atoms with Crippen molar-refractivity contribution in [3.63, 3.8) is 0 Å². The van der Waals surface area contributed by atoms with Crippen LogP contribution in [-0.4, -0.2) is 30.1 Å². The Morgan fingerprint density at radius 3 is 2.75 bits per heavy atom. The van der Waals surface area contributed by atoms with E-state index in [9.17, 15) is 0 Å². The maximum Gasteiger partial charge on any atom is 0.137 e. The van der Waals surface area contributed by atoms with Gasteiger partial charge in [-0.05, 0) is 36.6 Å². The molecular formula is C17H20N2O. The van der Waals surface area contributed by atoms with E-state index in [1.807, 2.05) is 6.07 Å². The molecule has 1 aliphatic heterocycles. The first-order chi connectivity index (χ1) is 9.85. The van der Waals surface area contributed by atoms with Gasteiger partial charge >= 0.3 is 0 Å². The van der Waals surface area contributed by atoms with Crippen LogP contribution in [0, 0.1) is 0 Å². The summed E-state index contributed by atoms with van der Waals surface area (Å²) in [6, 6.07) is 14.8. The van der Waals surface area contributed by atoms with E-state index in [1.165, 1.54) is 12.0 Å². The van der Waals surface area contributed by atoms with Gasteiger partial charge in [-0.2, -0.15) is 0 Å². The number of ether oxygens (including phenoxy) is 1. The topological polar surface area (TPSA) is 25.4 Å². The standard InChI is InChI=1S/C17H20N2O/c1-20-17-8-7-16(18-11-17)13-19-10-9-15(12-19)14-5-3-2-4-6-14/h2-8,11,15H,9-10,12-13H2,1H3/t15-/m1/s1. The first kappa shape index (κ1) is 13.1. The van der Waals surface area contributed by atoms with E-state index in [-0.39, 0.29) is 0 Å². The van der Waals surface area contributed by atoms with Crippen LogP contribution in [0.25, 0.3) is 0 Å². The molecule has 1 saturated heterocycles. The SMILES string of the molecule is COc1ccc(CN2CC[C@@H](c3ccccc3)C2)nc1. The lowest BCUT2D eigenvalue weighted by Gasteiger charge is -2.15. The molecule has 0 unspecified atom stereocenters. The molecule has 0 aliphatic carbocycles. The van der Waals surface area contributed by atoms with Gasteiger partial charge in [-0.3, -0.25) is 9.88 Å². The number of aromatic nitrogens is 1. The molecule has 2 aromatic rings. The molecule has 1 atom stereocenters. The van der Waals surface area contributed by atoms with E-state index in [4.69, 9.17) is 4.74 Å². The van der Waals surface area contributed by atoms with E-state index in [0.717, 1.165) is 31.1 Å². The van der Waals surface area contributed by atoms with Gasteiger partial charge in [0.25, 0.3) is 0 Å². The summed E-state index contributed by atoms with van der Waals surface area (Å²) >= 11 is 0. The molecule has 0 radical (unpaired) electrons. The Labute approximate surface area is 120 Å². The van der Waals surface area contributed by atoms with Crippen molar-refractivity contribution >= 4 is 0 Å². The zero-order chi connectivity index (χ0) is 13.8. The van der Waals surface area contributed by atoms with Crippen LogP contribution in [0.15, 0.2) is 48.7 Å². The molecule has 3 heteroatoms. The van der Waals surface area contributed by atoms with Crippen molar-refractivity contribution in [2.24, 2.45) is 0 Å². The molecule has 1 aliphatic rings. The average Bonchev–Trinajstić information content (AvgIpc) is 2.97. The molecule has 0 amide bonds. The van der Waals surface area contributed by atoms with Crippen molar-refractivity contribution in [2.75, 3.05) is 20.2 Å². The van der Waals surface area contributed by atoms with E-state index in [0.29, 0.717) is 5.92 Å². The van der Waals surface area contributed by atoms with Crippen LogP contribution >= 0.6 is 0 Å². The molecule has 1 aromatic carbocycles. The Balaban J connectivity index is 1.60. The highest BCUT2D eigenvalue weighted by atomic mass is 16.5. The third-order valence-electron chi connectivity index (χ3n) is 3.96. The van der Waals surface area contributed by atoms with Crippen LogP contribution in [0.5, 0.6) is 5.75 Å². The third kappa shape index (κ3) is 2.99. The van der Waals surface area contributed by atoms with Gasteiger partial charge in [-0.15, -0.1) is 0 Å². The van der Waals surface area contributed by atoms with Crippen molar-refractivity contribution in [3.05, 3.63) is 59.9 Å². The van der Waals surface area contributed by atoms with Crippen LogP contribution in [0.4, 0.5) is 0 Å². The Morgan fingerprint density at radius 2 is 2.05 bits per heavy atom. The van der Waals surface area contributed by atoms with Gasteiger partial charge in [0.15, 0.2) is 0 Å². The maximum absolute atomic E-state index is 5.14. The van der Waals surface area contributed by atoms with E-state index >= 15 is 0 Å². The number of rotatable bonds is 4. The zero-order valence-electron chi connectivity index (χ0n) is 11.8. The summed E-state index contributed by atoms with van der Waals surface area (Å²) in [5.74, 6) is 1.48. The second-order valence-corrected chi connectivity index (χ2v) is 5.32. The smallest absolute Gasteiger partial charge is 0.137 e. The minimum absolute atomic E-state index is 0.662. The van der Waals surface area contributed by atoms with E-state index in [2.05, 4.69) is 46.3 Å². The summed E-state index contributed by atoms with van der Waals surface area (Å²) in [6.07, 6.45) is 3.03. The quantitative estimate of drug-likeness (QED) is 0.852. The van der Waals surface area contributed by atoms with Crippen molar-refractivity contribution in [1.29, 1.82) is 0 Å². The number of methoxy groups -OCH3 is 1. The lowest BCUT2D eigenvalue weighted by molar-refractivity contribution is 0.322. The molecule has 3 rings (SSSR count). The van der Waals surface area contributed by atoms with Gasteiger partial charge in [0, 0.05) is 13.1 Å². The van der Waals surface area contributed by atoms with E-state index in [1.54, 1.807) is 13.3 Å². The van der Waals surface area contributed by atoms with Gasteiger partial charge in [-0.1, -0.05) is 30.3 Å². The van der Waals surface area contributed by atoms with Gasteiger partial charge in [-0.25, -0.2) is 0 Å². The molecular weight excluding hydrogens is 248 g/mol. The fraction of sp³-hybridized carbons (Fsp3) is 0.353. The molecule has 20 heavy (non-hydrogen) atoms. The Bertz CT molecular complexity index is 539. The number of hydrogen-bond donors (Lipinski definition) is 0. The molecule has 1 aromatic heterocycles. The van der Waals surface area contributed by atoms with Crippen molar-refractivity contribution in [1.82, 2.24) is 9.88 Å². The normalized spacial score (nSPS) is 19.1. The zero-order valence-corrected chi connectivity index (χ0v) is 11.8. The van der Waals surface area contributed by atoms with Crippen molar-refractivity contribution in [3.8, 4) is 5.75 Å². The summed E-state index contributed by atoms with van der Waals surface area (Å²) in [7, 11) is 1.67. The molecule has 1 fully saturated rings. The van der Waals surface area contributed by atoms with Crippen molar-refractivity contribution < 1.29 is 4.74 Å². The monoisotopic (exact) mass is 268 g/mol. The highest BCUT2D eigenvalue weighted by Gasteiger charge is 2.23. The molecule has 2 heterocycles. The van der Waals surface area contributed by atoms with Crippen molar-refractivity contribution in [2.45, 2.75) is 18.9 Å². The average molecular weight is 268 g/mol. The summed E-state index contributed by atoms with van der Waals surface area (Å²) in [6.45, 7) is 3.19. The highest BCUT2D eigenvalue weighted by Crippen LogP contribution is 2.27. The number of likely N-dealkylation sites (tertiary alicyclic amines) is 1. The second-order valence-electron chi connectivity index (χ2n) is 5.32. The summed E-state index contributed by atoms with van der Waals surface area (Å²) in [5, 5.41) is 0. The van der Waals surface area contributed by atoms with Crippen LogP contribution in [0.3, 0.4) is 0 Å². The predicted octanol–water partition coefficient (Wildman–Crippen LogP) is 3.08. The first-order valence-corrected chi connectivity index (χ1v) is 7.11. The number of benzene rings is 1. The largest absolute Gasteiger partial charge is 0.495 e. The molecule has 0 bridgehead atoms. The molecule has 0 N–H and O–H groups in total. The molecule has 0 spiro atoms. The lowest BCUT2D eigenvalue weighted by Crippen LogP contribution is -2.20. The number of pyridine rings is 1. The van der Waals surface area contributed by atoms with Crippen LogP contribution in [-0.2, 0) is 6.54 Å². The van der Waals surface area contributed by atoms with Crippen LogP contribution in [0.2, 0.25) is 0 Å². The number of hydrogen-bond acceptors (Lipinski definition) is 3. The molecule has 0 saturated carbocycles. The molecule has 3 nitrogen and oxygen atoms in total. The number of nitrogens with zero attached hydrogens (tertiary/aromatic N) is 2. The minimum atomic E-state index is 0.662. The second kappa shape index (κ2) is 6.06. The summed E-state index contributed by atoms with van der Waals surface area (Å²) < 4.78 is 5.14.